The van der Waals surface area contributed by atoms with Gasteiger partial charge in [-0.15, -0.1) is 0 Å². The summed E-state index contributed by atoms with van der Waals surface area (Å²) < 4.78 is 16.7. The van der Waals surface area contributed by atoms with E-state index in [2.05, 4.69) is 13.2 Å². The number of aliphatic hydroxyl groups is 1. The van der Waals surface area contributed by atoms with Crippen LogP contribution in [0.15, 0.2) is 47.8 Å². The summed E-state index contributed by atoms with van der Waals surface area (Å²) in [5, 5.41) is 10.7. The third-order valence-corrected chi connectivity index (χ3v) is 5.37. The Morgan fingerprint density at radius 3 is 2.67 bits per heavy atom. The van der Waals surface area contributed by atoms with Gasteiger partial charge >= 0.3 is 11.9 Å². The number of carbonyl (C=O) groups is 3. The molecule has 3 heterocycles. The van der Waals surface area contributed by atoms with Gasteiger partial charge in [0.15, 0.2) is 5.60 Å². The van der Waals surface area contributed by atoms with Crippen LogP contribution in [0.3, 0.4) is 0 Å². The van der Waals surface area contributed by atoms with E-state index in [-0.39, 0.29) is 29.1 Å². The summed E-state index contributed by atoms with van der Waals surface area (Å²) in [4.78, 5) is 37.0. The molecule has 0 spiro atoms. The second-order valence-corrected chi connectivity index (χ2v) is 7.22. The number of fused-ring (bicyclic) bond motifs is 3. The predicted molar refractivity (Wildman–Crippen MR) is 94.2 cm³/mol. The van der Waals surface area contributed by atoms with Crippen molar-refractivity contribution in [3.63, 3.8) is 0 Å². The molecular formula is C20H22O7. The van der Waals surface area contributed by atoms with Crippen molar-refractivity contribution >= 4 is 17.7 Å². The molecule has 27 heavy (non-hydrogen) atoms. The number of esters is 2. The first-order valence-electron chi connectivity index (χ1n) is 8.65. The summed E-state index contributed by atoms with van der Waals surface area (Å²) >= 11 is 0. The van der Waals surface area contributed by atoms with Crippen molar-refractivity contribution in [2.45, 2.75) is 51.1 Å². The number of hydrogen-bond acceptors (Lipinski definition) is 7. The SMILES string of the molecule is C=C1C(=O)O[C@H]2[C@H]1[C@@H](OC(=O)/C(C)=C/C)C[C@@]1(C)OC(=CC1=O)C(=C)[C@H]2O. The Balaban J connectivity index is 2.07. The van der Waals surface area contributed by atoms with Gasteiger partial charge in [-0.25, -0.2) is 9.59 Å². The fraction of sp³-hybridized carbons (Fsp3) is 0.450. The van der Waals surface area contributed by atoms with Gasteiger partial charge in [0.2, 0.25) is 5.78 Å². The summed E-state index contributed by atoms with van der Waals surface area (Å²) in [6.07, 6.45) is -0.502. The van der Waals surface area contributed by atoms with Crippen molar-refractivity contribution < 1.29 is 33.7 Å². The van der Waals surface area contributed by atoms with E-state index in [4.69, 9.17) is 14.2 Å². The predicted octanol–water partition coefficient (Wildman–Crippen LogP) is 1.52. The van der Waals surface area contributed by atoms with Crippen LogP contribution in [0.4, 0.5) is 0 Å². The molecule has 2 bridgehead atoms. The average Bonchev–Trinajstić information content (AvgIpc) is 3.08. The quantitative estimate of drug-likeness (QED) is 0.578. The van der Waals surface area contributed by atoms with Crippen LogP contribution < -0.4 is 0 Å². The van der Waals surface area contributed by atoms with Crippen molar-refractivity contribution in [3.8, 4) is 0 Å². The summed E-state index contributed by atoms with van der Waals surface area (Å²) in [5.41, 5.74) is -0.741. The Morgan fingerprint density at radius 2 is 2.04 bits per heavy atom. The molecule has 0 amide bonds. The molecule has 0 radical (unpaired) electrons. The van der Waals surface area contributed by atoms with Gasteiger partial charge in [-0.2, -0.15) is 0 Å². The number of ether oxygens (including phenoxy) is 3. The molecule has 0 saturated carbocycles. The minimum absolute atomic E-state index is 0.0224. The van der Waals surface area contributed by atoms with Crippen molar-refractivity contribution in [3.05, 3.63) is 47.8 Å². The Morgan fingerprint density at radius 1 is 1.37 bits per heavy atom. The topological polar surface area (TPSA) is 99.1 Å². The molecule has 2 fully saturated rings. The first-order chi connectivity index (χ1) is 12.6. The molecule has 0 aliphatic carbocycles. The van der Waals surface area contributed by atoms with E-state index in [1.165, 1.54) is 6.08 Å². The minimum atomic E-state index is -1.33. The minimum Gasteiger partial charge on any atom is -0.479 e. The zero-order chi connectivity index (χ0) is 20.1. The first kappa shape index (κ1) is 19.1. The highest BCUT2D eigenvalue weighted by Gasteiger charge is 2.55. The van der Waals surface area contributed by atoms with Crippen LogP contribution in [0, 0.1) is 5.92 Å². The molecule has 7 nitrogen and oxygen atoms in total. The molecule has 0 unspecified atom stereocenters. The Labute approximate surface area is 157 Å². The lowest BCUT2D eigenvalue weighted by Crippen LogP contribution is -2.45. The fourth-order valence-electron chi connectivity index (χ4n) is 3.52. The van der Waals surface area contributed by atoms with E-state index in [0.29, 0.717) is 5.57 Å². The van der Waals surface area contributed by atoms with Gasteiger partial charge in [0, 0.05) is 29.2 Å². The van der Waals surface area contributed by atoms with Gasteiger partial charge in [-0.05, 0) is 20.8 Å². The third-order valence-electron chi connectivity index (χ3n) is 5.37. The van der Waals surface area contributed by atoms with Gasteiger partial charge in [0.1, 0.15) is 24.1 Å². The largest absolute Gasteiger partial charge is 0.479 e. The van der Waals surface area contributed by atoms with E-state index < -0.39 is 41.8 Å². The molecule has 3 aliphatic rings. The number of aliphatic hydroxyl groups excluding tert-OH is 1. The first-order valence-corrected chi connectivity index (χ1v) is 8.65. The van der Waals surface area contributed by atoms with E-state index in [1.54, 1.807) is 26.8 Å². The van der Waals surface area contributed by atoms with E-state index in [0.717, 1.165) is 0 Å². The average molecular weight is 374 g/mol. The van der Waals surface area contributed by atoms with Gasteiger partial charge in [0.25, 0.3) is 0 Å². The molecule has 0 aromatic rings. The second kappa shape index (κ2) is 6.49. The molecule has 0 aromatic heterocycles. The zero-order valence-electron chi connectivity index (χ0n) is 15.5. The monoisotopic (exact) mass is 374 g/mol. The molecule has 2 saturated heterocycles. The lowest BCUT2D eigenvalue weighted by Gasteiger charge is -2.32. The zero-order valence-corrected chi connectivity index (χ0v) is 15.5. The van der Waals surface area contributed by atoms with Crippen molar-refractivity contribution in [1.29, 1.82) is 0 Å². The van der Waals surface area contributed by atoms with Crippen molar-refractivity contribution in [2.24, 2.45) is 5.92 Å². The van der Waals surface area contributed by atoms with E-state index in [9.17, 15) is 19.5 Å². The third kappa shape index (κ3) is 3.02. The number of carbonyl (C=O) groups excluding carboxylic acids is 3. The highest BCUT2D eigenvalue weighted by molar-refractivity contribution is 6.00. The fourth-order valence-corrected chi connectivity index (χ4v) is 3.52. The maximum atomic E-state index is 12.5. The van der Waals surface area contributed by atoms with Crippen LogP contribution in [0.5, 0.6) is 0 Å². The van der Waals surface area contributed by atoms with Gasteiger partial charge in [0.05, 0.1) is 5.92 Å². The number of ketones is 1. The summed E-state index contributed by atoms with van der Waals surface area (Å²) in [6, 6.07) is 0. The second-order valence-electron chi connectivity index (χ2n) is 7.22. The van der Waals surface area contributed by atoms with Gasteiger partial charge in [-0.1, -0.05) is 19.2 Å². The Hall–Kier alpha value is -2.67. The van der Waals surface area contributed by atoms with Crippen molar-refractivity contribution in [2.75, 3.05) is 0 Å². The summed E-state index contributed by atoms with van der Waals surface area (Å²) in [7, 11) is 0. The molecule has 3 aliphatic heterocycles. The van der Waals surface area contributed by atoms with Crippen LogP contribution in [0.25, 0.3) is 0 Å². The Kier molecular flexibility index (Phi) is 4.59. The van der Waals surface area contributed by atoms with Crippen molar-refractivity contribution in [1.82, 2.24) is 0 Å². The maximum absolute atomic E-state index is 12.5. The highest BCUT2D eigenvalue weighted by Crippen LogP contribution is 2.44. The lowest BCUT2D eigenvalue weighted by molar-refractivity contribution is -0.155. The van der Waals surface area contributed by atoms with Crippen LogP contribution in [0.2, 0.25) is 0 Å². The standard InChI is InChI=1S/C20H22O7/c1-6-9(2)18(23)25-13-8-20(5)14(21)7-12(27-20)10(3)16(22)17-15(13)11(4)19(24)26-17/h6-7,13,15-17,22H,3-4,8H2,1-2,5H3/b9-6+/t13-,15+,16+,17-,20+/m0/s1. The number of rotatable bonds is 2. The lowest BCUT2D eigenvalue weighted by atomic mass is 9.80. The number of allylic oxidation sites excluding steroid dienone is 1. The smallest absolute Gasteiger partial charge is 0.334 e. The molecule has 144 valence electrons. The maximum Gasteiger partial charge on any atom is 0.334 e. The van der Waals surface area contributed by atoms with Crippen LogP contribution in [0.1, 0.15) is 27.2 Å². The summed E-state index contributed by atoms with van der Waals surface area (Å²) in [6.45, 7) is 12.4. The highest BCUT2D eigenvalue weighted by atomic mass is 16.6. The molecule has 5 atom stereocenters. The van der Waals surface area contributed by atoms with Gasteiger partial charge in [-0.3, -0.25) is 4.79 Å². The molecule has 1 N–H and O–H groups in total. The molecule has 3 rings (SSSR count). The van der Waals surface area contributed by atoms with Crippen LogP contribution in [-0.4, -0.2) is 46.7 Å². The molecule has 0 aromatic carbocycles. The number of hydrogen-bond donors (Lipinski definition) is 1. The molecule has 7 heteroatoms. The van der Waals surface area contributed by atoms with E-state index >= 15 is 0 Å². The molecular weight excluding hydrogens is 352 g/mol. The van der Waals surface area contributed by atoms with Gasteiger partial charge < -0.3 is 19.3 Å². The van der Waals surface area contributed by atoms with E-state index in [1.807, 2.05) is 0 Å². The van der Waals surface area contributed by atoms with Crippen LogP contribution >= 0.6 is 0 Å². The van der Waals surface area contributed by atoms with Crippen LogP contribution in [-0.2, 0) is 28.6 Å². The summed E-state index contributed by atoms with van der Waals surface area (Å²) in [5.74, 6) is -2.29. The normalized spacial score (nSPS) is 36.1. The Bertz CT molecular complexity index is 818.